The second-order valence-corrected chi connectivity index (χ2v) is 6.09. The van der Waals surface area contributed by atoms with E-state index in [1.807, 2.05) is 17.0 Å². The lowest BCUT2D eigenvalue weighted by Gasteiger charge is -2.28. The van der Waals surface area contributed by atoms with Gasteiger partial charge in [0.25, 0.3) is 5.91 Å². The fourth-order valence-electron chi connectivity index (χ4n) is 3.60. The summed E-state index contributed by atoms with van der Waals surface area (Å²) in [6.45, 7) is 2.70. The minimum Gasteiger partial charge on any atom is -0.486 e. The Balaban J connectivity index is 1.56. The molecule has 118 valence electrons. The van der Waals surface area contributed by atoms with Crippen molar-refractivity contribution in [3.8, 4) is 11.5 Å². The highest BCUT2D eigenvalue weighted by Gasteiger charge is 2.36. The molecule has 3 aliphatic heterocycles. The first-order valence-electron chi connectivity index (χ1n) is 8.14. The van der Waals surface area contributed by atoms with Crippen LogP contribution in [0.1, 0.15) is 37.3 Å². The third-order valence-electron chi connectivity index (χ3n) is 4.69. The molecule has 1 amide bonds. The van der Waals surface area contributed by atoms with Crippen LogP contribution in [0.25, 0.3) is 0 Å². The molecule has 0 N–H and O–H groups in total. The number of hydrogen-bond donors (Lipinski definition) is 0. The zero-order chi connectivity index (χ0) is 14.9. The van der Waals surface area contributed by atoms with Crippen molar-refractivity contribution >= 4 is 5.91 Å². The highest BCUT2D eigenvalue weighted by molar-refractivity contribution is 5.82. The molecule has 0 aliphatic carbocycles. The van der Waals surface area contributed by atoms with E-state index in [9.17, 15) is 4.79 Å². The van der Waals surface area contributed by atoms with Gasteiger partial charge < -0.3 is 19.1 Å². The summed E-state index contributed by atoms with van der Waals surface area (Å²) < 4.78 is 16.8. The van der Waals surface area contributed by atoms with Gasteiger partial charge in [0.2, 0.25) is 0 Å². The standard InChI is InChI=1S/C17H21NO4/c19-17(15-4-2-8-20-15)18-7-1-3-13(18)12-5-6-14-16(11-12)22-10-9-21-14/h5-6,11,13,15H,1-4,7-10H2/t13-,15-/m0/s1. The number of hydrogen-bond acceptors (Lipinski definition) is 4. The number of ether oxygens (including phenoxy) is 3. The Labute approximate surface area is 130 Å². The van der Waals surface area contributed by atoms with Crippen LogP contribution in [0.4, 0.5) is 0 Å². The monoisotopic (exact) mass is 303 g/mol. The van der Waals surface area contributed by atoms with Crippen LogP contribution in [0.3, 0.4) is 0 Å². The molecule has 0 bridgehead atoms. The van der Waals surface area contributed by atoms with Gasteiger partial charge in [0.15, 0.2) is 11.5 Å². The van der Waals surface area contributed by atoms with Crippen molar-refractivity contribution in [2.24, 2.45) is 0 Å². The first-order chi connectivity index (χ1) is 10.8. The molecule has 22 heavy (non-hydrogen) atoms. The largest absolute Gasteiger partial charge is 0.486 e. The molecule has 5 nitrogen and oxygen atoms in total. The second kappa shape index (κ2) is 5.80. The van der Waals surface area contributed by atoms with Gasteiger partial charge in [-0.3, -0.25) is 4.79 Å². The highest BCUT2D eigenvalue weighted by Crippen LogP contribution is 2.38. The summed E-state index contributed by atoms with van der Waals surface area (Å²) in [6, 6.07) is 6.17. The Hall–Kier alpha value is -1.75. The van der Waals surface area contributed by atoms with Crippen LogP contribution < -0.4 is 9.47 Å². The maximum Gasteiger partial charge on any atom is 0.252 e. The van der Waals surface area contributed by atoms with Gasteiger partial charge in [-0.2, -0.15) is 0 Å². The van der Waals surface area contributed by atoms with E-state index in [0.717, 1.165) is 49.3 Å². The molecule has 4 rings (SSSR count). The molecule has 3 heterocycles. The number of nitrogens with zero attached hydrogens (tertiary/aromatic N) is 1. The van der Waals surface area contributed by atoms with Crippen LogP contribution in [0.5, 0.6) is 11.5 Å². The lowest BCUT2D eigenvalue weighted by molar-refractivity contribution is -0.141. The predicted molar refractivity (Wildman–Crippen MR) is 80.1 cm³/mol. The summed E-state index contributed by atoms with van der Waals surface area (Å²) in [6.07, 6.45) is 3.63. The van der Waals surface area contributed by atoms with Crippen molar-refractivity contribution in [2.45, 2.75) is 37.8 Å². The Bertz CT molecular complexity index is 568. The third-order valence-corrected chi connectivity index (χ3v) is 4.69. The number of benzene rings is 1. The molecule has 0 unspecified atom stereocenters. The molecular formula is C17H21NO4. The van der Waals surface area contributed by atoms with Gasteiger partial charge in [-0.1, -0.05) is 6.07 Å². The molecule has 0 spiro atoms. The van der Waals surface area contributed by atoms with Crippen molar-refractivity contribution in [1.82, 2.24) is 4.90 Å². The number of amides is 1. The Morgan fingerprint density at radius 3 is 2.73 bits per heavy atom. The predicted octanol–water partition coefficient (Wildman–Crippen LogP) is 2.30. The van der Waals surface area contributed by atoms with Gasteiger partial charge >= 0.3 is 0 Å². The van der Waals surface area contributed by atoms with E-state index < -0.39 is 0 Å². The van der Waals surface area contributed by atoms with Crippen LogP contribution in [0.15, 0.2) is 18.2 Å². The van der Waals surface area contributed by atoms with Crippen LogP contribution >= 0.6 is 0 Å². The van der Waals surface area contributed by atoms with E-state index in [2.05, 4.69) is 6.07 Å². The summed E-state index contributed by atoms with van der Waals surface area (Å²) in [5, 5.41) is 0. The van der Waals surface area contributed by atoms with Gasteiger partial charge in [0, 0.05) is 13.2 Å². The molecule has 0 saturated carbocycles. The molecule has 1 aromatic carbocycles. The molecule has 2 fully saturated rings. The lowest BCUT2D eigenvalue weighted by Crippen LogP contribution is -2.38. The number of rotatable bonds is 2. The lowest BCUT2D eigenvalue weighted by atomic mass is 10.0. The van der Waals surface area contributed by atoms with Crippen LogP contribution in [0.2, 0.25) is 0 Å². The summed E-state index contributed by atoms with van der Waals surface area (Å²) in [7, 11) is 0. The van der Waals surface area contributed by atoms with Gasteiger partial charge in [-0.05, 0) is 43.4 Å². The summed E-state index contributed by atoms with van der Waals surface area (Å²) in [5.74, 6) is 1.74. The van der Waals surface area contributed by atoms with Crippen molar-refractivity contribution in [1.29, 1.82) is 0 Å². The zero-order valence-corrected chi connectivity index (χ0v) is 12.6. The average molecular weight is 303 g/mol. The molecule has 5 heteroatoms. The van der Waals surface area contributed by atoms with Crippen molar-refractivity contribution in [3.63, 3.8) is 0 Å². The summed E-state index contributed by atoms with van der Waals surface area (Å²) in [5.41, 5.74) is 1.13. The van der Waals surface area contributed by atoms with Crippen LogP contribution in [0, 0.1) is 0 Å². The first-order valence-corrected chi connectivity index (χ1v) is 8.14. The van der Waals surface area contributed by atoms with Crippen LogP contribution in [-0.2, 0) is 9.53 Å². The van der Waals surface area contributed by atoms with Gasteiger partial charge in [0.1, 0.15) is 19.3 Å². The quantitative estimate of drug-likeness (QED) is 0.841. The summed E-state index contributed by atoms with van der Waals surface area (Å²) in [4.78, 5) is 14.7. The number of fused-ring (bicyclic) bond motifs is 1. The van der Waals surface area contributed by atoms with Gasteiger partial charge in [-0.25, -0.2) is 0 Å². The number of likely N-dealkylation sites (tertiary alicyclic amines) is 1. The van der Waals surface area contributed by atoms with Crippen LogP contribution in [-0.4, -0.2) is 43.3 Å². The maximum atomic E-state index is 12.7. The molecule has 2 saturated heterocycles. The molecule has 1 aromatic rings. The SMILES string of the molecule is O=C([C@@H]1CCCO1)N1CCC[C@H]1c1ccc2c(c1)OCCO2. The fraction of sp³-hybridized carbons (Fsp3) is 0.588. The molecule has 3 aliphatic rings. The van der Waals surface area contributed by atoms with E-state index in [0.29, 0.717) is 19.8 Å². The Kier molecular flexibility index (Phi) is 3.66. The van der Waals surface area contributed by atoms with E-state index >= 15 is 0 Å². The topological polar surface area (TPSA) is 48.0 Å². The maximum absolute atomic E-state index is 12.7. The van der Waals surface area contributed by atoms with E-state index in [1.54, 1.807) is 0 Å². The smallest absolute Gasteiger partial charge is 0.252 e. The molecule has 2 atom stereocenters. The van der Waals surface area contributed by atoms with Gasteiger partial charge in [0.05, 0.1) is 6.04 Å². The van der Waals surface area contributed by atoms with Crippen molar-refractivity contribution < 1.29 is 19.0 Å². The van der Waals surface area contributed by atoms with E-state index in [1.165, 1.54) is 0 Å². The van der Waals surface area contributed by atoms with E-state index in [-0.39, 0.29) is 18.1 Å². The number of carbonyl (C=O) groups excluding carboxylic acids is 1. The molecular weight excluding hydrogens is 282 g/mol. The van der Waals surface area contributed by atoms with Gasteiger partial charge in [-0.15, -0.1) is 0 Å². The Morgan fingerprint density at radius 2 is 1.91 bits per heavy atom. The van der Waals surface area contributed by atoms with Crippen molar-refractivity contribution in [3.05, 3.63) is 23.8 Å². The average Bonchev–Trinajstić information content (AvgIpc) is 3.25. The fourth-order valence-corrected chi connectivity index (χ4v) is 3.60. The normalized spacial score (nSPS) is 27.2. The van der Waals surface area contributed by atoms with E-state index in [4.69, 9.17) is 14.2 Å². The minimum absolute atomic E-state index is 0.132. The second-order valence-electron chi connectivity index (χ2n) is 6.09. The van der Waals surface area contributed by atoms with Crippen molar-refractivity contribution in [2.75, 3.05) is 26.4 Å². The molecule has 0 aromatic heterocycles. The summed E-state index contributed by atoms with van der Waals surface area (Å²) >= 11 is 0. The first kappa shape index (κ1) is 13.9. The minimum atomic E-state index is -0.238. The number of carbonyl (C=O) groups is 1. The Morgan fingerprint density at radius 1 is 1.05 bits per heavy atom. The third kappa shape index (κ3) is 2.43. The molecule has 0 radical (unpaired) electrons. The highest BCUT2D eigenvalue weighted by atomic mass is 16.6. The zero-order valence-electron chi connectivity index (χ0n) is 12.6.